The third kappa shape index (κ3) is 4.22. The maximum absolute atomic E-state index is 11.1. The van der Waals surface area contributed by atoms with E-state index in [2.05, 4.69) is 34.3 Å². The van der Waals surface area contributed by atoms with E-state index in [1.165, 1.54) is 11.6 Å². The number of nitrogens with one attached hydrogen (secondary N) is 3. The van der Waals surface area contributed by atoms with Crippen molar-refractivity contribution in [3.05, 3.63) is 68.5 Å². The molecule has 1 aromatic heterocycles. The maximum atomic E-state index is 11.1. The Kier molecular flexibility index (Phi) is 4.30. The van der Waals surface area contributed by atoms with E-state index >= 15 is 0 Å². The fourth-order valence-electron chi connectivity index (χ4n) is 1.94. The highest BCUT2D eigenvalue weighted by Gasteiger charge is 2.04. The summed E-state index contributed by atoms with van der Waals surface area (Å²) in [7, 11) is 0. The van der Waals surface area contributed by atoms with Crippen LogP contribution in [0, 0.1) is 0 Å². The number of benzene rings is 1. The minimum absolute atomic E-state index is 0.255. The second-order valence-electron chi connectivity index (χ2n) is 4.58. The van der Waals surface area contributed by atoms with Crippen LogP contribution >= 0.6 is 0 Å². The minimum atomic E-state index is -0.472. The molecule has 1 atom stereocenters. The molecular weight excluding hydrogens is 242 g/mol. The van der Waals surface area contributed by atoms with Crippen LogP contribution in [0.3, 0.4) is 0 Å². The summed E-state index contributed by atoms with van der Waals surface area (Å²) >= 11 is 0. The van der Waals surface area contributed by atoms with Gasteiger partial charge >= 0.3 is 5.69 Å². The Balaban J connectivity index is 1.91. The van der Waals surface area contributed by atoms with Crippen LogP contribution in [0.25, 0.3) is 0 Å². The maximum Gasteiger partial charge on any atom is 0.325 e. The topological polar surface area (TPSA) is 77.8 Å². The molecule has 0 saturated carbocycles. The molecule has 0 unspecified atom stereocenters. The van der Waals surface area contributed by atoms with E-state index in [1.807, 2.05) is 18.2 Å². The van der Waals surface area contributed by atoms with E-state index in [9.17, 15) is 9.59 Å². The number of rotatable bonds is 5. The summed E-state index contributed by atoms with van der Waals surface area (Å²) < 4.78 is 0. The van der Waals surface area contributed by atoms with Crippen molar-refractivity contribution in [3.63, 3.8) is 0 Å². The molecule has 1 aromatic carbocycles. The van der Waals surface area contributed by atoms with Gasteiger partial charge in [-0.3, -0.25) is 9.78 Å². The van der Waals surface area contributed by atoms with Crippen LogP contribution in [0.2, 0.25) is 0 Å². The molecule has 100 valence electrons. The Morgan fingerprint density at radius 1 is 1.16 bits per heavy atom. The third-order valence-corrected chi connectivity index (χ3v) is 2.84. The first kappa shape index (κ1) is 13.3. The fourth-order valence-corrected chi connectivity index (χ4v) is 1.94. The van der Waals surface area contributed by atoms with E-state index in [-0.39, 0.29) is 11.6 Å². The third-order valence-electron chi connectivity index (χ3n) is 2.84. The number of hydrogen-bond acceptors (Lipinski definition) is 3. The molecule has 2 aromatic rings. The van der Waals surface area contributed by atoms with Crippen LogP contribution in [0.15, 0.2) is 46.0 Å². The SMILES string of the molecule is C[C@H](Cc1ccccc1)NCc1cc(=O)[nH]c(=O)[nH]1. The number of aromatic nitrogens is 2. The zero-order chi connectivity index (χ0) is 13.7. The predicted octanol–water partition coefficient (Wildman–Crippen LogP) is 0.784. The molecule has 0 fully saturated rings. The lowest BCUT2D eigenvalue weighted by Crippen LogP contribution is -2.31. The highest BCUT2D eigenvalue weighted by Crippen LogP contribution is 2.03. The van der Waals surface area contributed by atoms with Gasteiger partial charge in [0.15, 0.2) is 0 Å². The molecule has 0 saturated heterocycles. The highest BCUT2D eigenvalue weighted by molar-refractivity contribution is 5.15. The summed E-state index contributed by atoms with van der Waals surface area (Å²) in [4.78, 5) is 27.0. The molecular formula is C14H17N3O2. The summed E-state index contributed by atoms with van der Waals surface area (Å²) in [5.74, 6) is 0. The molecule has 0 radical (unpaired) electrons. The van der Waals surface area contributed by atoms with Gasteiger partial charge < -0.3 is 10.3 Å². The van der Waals surface area contributed by atoms with Crippen molar-refractivity contribution >= 4 is 0 Å². The van der Waals surface area contributed by atoms with E-state index in [0.29, 0.717) is 12.2 Å². The van der Waals surface area contributed by atoms with Gasteiger partial charge in [0, 0.05) is 24.3 Å². The number of aromatic amines is 2. The van der Waals surface area contributed by atoms with Crippen molar-refractivity contribution < 1.29 is 0 Å². The summed E-state index contributed by atoms with van der Waals surface area (Å²) in [5.41, 5.74) is 0.992. The molecule has 1 heterocycles. The van der Waals surface area contributed by atoms with Crippen LogP contribution in [0.5, 0.6) is 0 Å². The Labute approximate surface area is 110 Å². The van der Waals surface area contributed by atoms with Crippen LogP contribution < -0.4 is 16.6 Å². The molecule has 0 amide bonds. The lowest BCUT2D eigenvalue weighted by molar-refractivity contribution is 0.538. The zero-order valence-corrected chi connectivity index (χ0v) is 10.8. The highest BCUT2D eigenvalue weighted by atomic mass is 16.2. The normalized spacial score (nSPS) is 12.3. The average Bonchev–Trinajstić information content (AvgIpc) is 2.36. The second-order valence-corrected chi connectivity index (χ2v) is 4.58. The predicted molar refractivity (Wildman–Crippen MR) is 74.1 cm³/mol. The van der Waals surface area contributed by atoms with E-state index in [4.69, 9.17) is 0 Å². The molecule has 0 aliphatic heterocycles. The molecule has 2 rings (SSSR count). The van der Waals surface area contributed by atoms with Crippen molar-refractivity contribution in [2.24, 2.45) is 0 Å². The molecule has 3 N–H and O–H groups in total. The van der Waals surface area contributed by atoms with Crippen molar-refractivity contribution in [2.75, 3.05) is 0 Å². The first-order valence-electron chi connectivity index (χ1n) is 6.23. The van der Waals surface area contributed by atoms with Gasteiger partial charge in [0.2, 0.25) is 0 Å². The van der Waals surface area contributed by atoms with E-state index < -0.39 is 5.69 Å². The average molecular weight is 259 g/mol. The first-order valence-corrected chi connectivity index (χ1v) is 6.23. The molecule has 5 heteroatoms. The Morgan fingerprint density at radius 2 is 1.89 bits per heavy atom. The Hall–Kier alpha value is -2.14. The van der Waals surface area contributed by atoms with Gasteiger partial charge in [-0.1, -0.05) is 30.3 Å². The van der Waals surface area contributed by atoms with Crippen molar-refractivity contribution in [2.45, 2.75) is 25.9 Å². The molecule has 0 spiro atoms. The minimum Gasteiger partial charge on any atom is -0.310 e. The summed E-state index contributed by atoms with van der Waals surface area (Å²) in [6.07, 6.45) is 0.897. The standard InChI is InChI=1S/C14H17N3O2/c1-10(7-11-5-3-2-4-6-11)15-9-12-8-13(18)17-14(19)16-12/h2-6,8,10,15H,7,9H2,1H3,(H2,16,17,18,19)/t10-/m1/s1. The first-order chi connectivity index (χ1) is 9.13. The number of H-pyrrole nitrogens is 2. The summed E-state index contributed by atoms with van der Waals surface area (Å²) in [5, 5.41) is 3.28. The smallest absolute Gasteiger partial charge is 0.310 e. The summed E-state index contributed by atoms with van der Waals surface area (Å²) in [6.45, 7) is 2.53. The van der Waals surface area contributed by atoms with E-state index in [1.54, 1.807) is 0 Å². The lowest BCUT2D eigenvalue weighted by atomic mass is 10.1. The van der Waals surface area contributed by atoms with Gasteiger partial charge in [-0.2, -0.15) is 0 Å². The van der Waals surface area contributed by atoms with Crippen LogP contribution in [0.1, 0.15) is 18.2 Å². The quantitative estimate of drug-likeness (QED) is 0.742. The van der Waals surface area contributed by atoms with Crippen LogP contribution in [0.4, 0.5) is 0 Å². The Bertz CT molecular complexity index is 603. The zero-order valence-electron chi connectivity index (χ0n) is 10.8. The largest absolute Gasteiger partial charge is 0.325 e. The van der Waals surface area contributed by atoms with E-state index in [0.717, 1.165) is 6.42 Å². The lowest BCUT2D eigenvalue weighted by Gasteiger charge is -2.13. The fraction of sp³-hybridized carbons (Fsp3) is 0.286. The van der Waals surface area contributed by atoms with Gasteiger partial charge in [-0.15, -0.1) is 0 Å². The van der Waals surface area contributed by atoms with Crippen molar-refractivity contribution in [3.8, 4) is 0 Å². The monoisotopic (exact) mass is 259 g/mol. The number of hydrogen-bond donors (Lipinski definition) is 3. The Morgan fingerprint density at radius 3 is 2.58 bits per heavy atom. The molecule has 19 heavy (non-hydrogen) atoms. The van der Waals surface area contributed by atoms with Crippen LogP contribution in [-0.2, 0) is 13.0 Å². The molecule has 5 nitrogen and oxygen atoms in total. The molecule has 0 bridgehead atoms. The summed E-state index contributed by atoms with van der Waals surface area (Å²) in [6, 6.07) is 11.8. The van der Waals surface area contributed by atoms with Gasteiger partial charge in [0.25, 0.3) is 5.56 Å². The molecule has 0 aliphatic carbocycles. The van der Waals surface area contributed by atoms with Crippen molar-refractivity contribution in [1.82, 2.24) is 15.3 Å². The van der Waals surface area contributed by atoms with Gasteiger partial charge in [0.05, 0.1) is 0 Å². The van der Waals surface area contributed by atoms with Gasteiger partial charge in [0.1, 0.15) is 0 Å². The van der Waals surface area contributed by atoms with Crippen molar-refractivity contribution in [1.29, 1.82) is 0 Å². The van der Waals surface area contributed by atoms with Crippen LogP contribution in [-0.4, -0.2) is 16.0 Å². The van der Waals surface area contributed by atoms with Gasteiger partial charge in [-0.05, 0) is 18.9 Å². The second kappa shape index (κ2) is 6.15. The van der Waals surface area contributed by atoms with Gasteiger partial charge in [-0.25, -0.2) is 4.79 Å². The molecule has 0 aliphatic rings.